The SMILES string of the molecule is COc1cccc(CN(C(=O)Cc2ccccc2C)[C@@H](Cc2ccccc2)C(=O)NC2CCCC2)c1. The van der Waals surface area contributed by atoms with E-state index in [-0.39, 0.29) is 24.3 Å². The van der Waals surface area contributed by atoms with Gasteiger partial charge in [-0.15, -0.1) is 0 Å². The summed E-state index contributed by atoms with van der Waals surface area (Å²) < 4.78 is 5.42. The topological polar surface area (TPSA) is 58.6 Å². The lowest BCUT2D eigenvalue weighted by atomic mass is 10.00. The lowest BCUT2D eigenvalue weighted by molar-refractivity contribution is -0.141. The first kappa shape index (κ1) is 25.5. The molecule has 1 saturated carbocycles. The molecule has 3 aromatic rings. The molecule has 188 valence electrons. The van der Waals surface area contributed by atoms with Gasteiger partial charge in [-0.3, -0.25) is 9.59 Å². The van der Waals surface area contributed by atoms with Crippen LogP contribution < -0.4 is 10.1 Å². The van der Waals surface area contributed by atoms with Gasteiger partial charge in [0.15, 0.2) is 0 Å². The average molecular weight is 485 g/mol. The molecule has 2 amide bonds. The highest BCUT2D eigenvalue weighted by Gasteiger charge is 2.32. The lowest BCUT2D eigenvalue weighted by Crippen LogP contribution is -2.52. The number of amides is 2. The van der Waals surface area contributed by atoms with Gasteiger partial charge in [0.25, 0.3) is 0 Å². The van der Waals surface area contributed by atoms with E-state index in [1.54, 1.807) is 12.0 Å². The summed E-state index contributed by atoms with van der Waals surface area (Å²) in [7, 11) is 1.63. The molecule has 4 rings (SSSR count). The third-order valence-corrected chi connectivity index (χ3v) is 7.06. The molecule has 36 heavy (non-hydrogen) atoms. The number of benzene rings is 3. The number of carbonyl (C=O) groups excluding carboxylic acids is 2. The maximum atomic E-state index is 13.9. The van der Waals surface area contributed by atoms with Crippen molar-refractivity contribution in [2.75, 3.05) is 7.11 Å². The van der Waals surface area contributed by atoms with Crippen LogP contribution in [-0.4, -0.2) is 35.9 Å². The van der Waals surface area contributed by atoms with Crippen LogP contribution in [0.5, 0.6) is 5.75 Å². The maximum absolute atomic E-state index is 13.9. The van der Waals surface area contributed by atoms with Crippen molar-refractivity contribution in [3.05, 3.63) is 101 Å². The van der Waals surface area contributed by atoms with Gasteiger partial charge in [0.2, 0.25) is 11.8 Å². The molecule has 1 atom stereocenters. The Morgan fingerprint density at radius 1 is 0.944 bits per heavy atom. The van der Waals surface area contributed by atoms with Gasteiger partial charge >= 0.3 is 0 Å². The average Bonchev–Trinajstić information content (AvgIpc) is 3.41. The molecular formula is C31H36N2O3. The minimum Gasteiger partial charge on any atom is -0.497 e. The number of hydrogen-bond donors (Lipinski definition) is 1. The Labute approximate surface area is 214 Å². The Hall–Kier alpha value is -3.60. The molecule has 0 unspecified atom stereocenters. The van der Waals surface area contributed by atoms with Gasteiger partial charge < -0.3 is 15.0 Å². The lowest BCUT2D eigenvalue weighted by Gasteiger charge is -2.32. The van der Waals surface area contributed by atoms with Crippen LogP contribution in [-0.2, 0) is 29.0 Å². The summed E-state index contributed by atoms with van der Waals surface area (Å²) in [5.74, 6) is 0.593. The number of ether oxygens (including phenoxy) is 1. The van der Waals surface area contributed by atoms with Crippen molar-refractivity contribution in [1.29, 1.82) is 0 Å². The Bertz CT molecular complexity index is 1160. The van der Waals surface area contributed by atoms with Gasteiger partial charge in [0.05, 0.1) is 13.5 Å². The summed E-state index contributed by atoms with van der Waals surface area (Å²) in [6.07, 6.45) is 4.97. The van der Waals surface area contributed by atoms with Crippen molar-refractivity contribution in [2.24, 2.45) is 0 Å². The van der Waals surface area contributed by atoms with E-state index >= 15 is 0 Å². The maximum Gasteiger partial charge on any atom is 0.243 e. The molecule has 0 bridgehead atoms. The molecule has 5 heteroatoms. The standard InChI is InChI=1S/C31H36N2O3/c1-23-11-6-7-15-26(23)21-30(34)33(22-25-14-10-18-28(19-25)36-2)29(20-24-12-4-3-5-13-24)31(35)32-27-16-8-9-17-27/h3-7,10-15,18-19,27,29H,8-9,16-17,20-22H2,1-2H3,(H,32,35)/t29-/m0/s1. The second-order valence-electron chi connectivity index (χ2n) is 9.67. The summed E-state index contributed by atoms with van der Waals surface area (Å²) in [4.78, 5) is 29.4. The fourth-order valence-corrected chi connectivity index (χ4v) is 4.96. The predicted molar refractivity (Wildman–Crippen MR) is 143 cm³/mol. The molecule has 1 aliphatic carbocycles. The van der Waals surface area contributed by atoms with E-state index in [9.17, 15) is 9.59 Å². The second-order valence-corrected chi connectivity index (χ2v) is 9.67. The van der Waals surface area contributed by atoms with Crippen LogP contribution in [0.25, 0.3) is 0 Å². The van der Waals surface area contributed by atoms with E-state index in [0.717, 1.165) is 53.7 Å². The number of rotatable bonds is 10. The zero-order chi connectivity index (χ0) is 25.3. The molecule has 0 radical (unpaired) electrons. The van der Waals surface area contributed by atoms with Crippen molar-refractivity contribution in [3.8, 4) is 5.75 Å². The van der Waals surface area contributed by atoms with E-state index in [0.29, 0.717) is 13.0 Å². The van der Waals surface area contributed by atoms with Crippen LogP contribution >= 0.6 is 0 Å². The fourth-order valence-electron chi connectivity index (χ4n) is 4.96. The fraction of sp³-hybridized carbons (Fsp3) is 0.355. The van der Waals surface area contributed by atoms with Crippen molar-refractivity contribution in [3.63, 3.8) is 0 Å². The summed E-state index contributed by atoms with van der Waals surface area (Å²) in [5.41, 5.74) is 4.01. The first-order valence-corrected chi connectivity index (χ1v) is 12.8. The van der Waals surface area contributed by atoms with Crippen LogP contribution in [0.15, 0.2) is 78.9 Å². The molecule has 0 aromatic heterocycles. The van der Waals surface area contributed by atoms with Crippen molar-refractivity contribution in [1.82, 2.24) is 10.2 Å². The van der Waals surface area contributed by atoms with E-state index in [1.165, 1.54) is 0 Å². The molecule has 3 aromatic carbocycles. The number of methoxy groups -OCH3 is 1. The van der Waals surface area contributed by atoms with Crippen LogP contribution in [0.4, 0.5) is 0 Å². The monoisotopic (exact) mass is 484 g/mol. The third-order valence-electron chi connectivity index (χ3n) is 7.06. The van der Waals surface area contributed by atoms with Gasteiger partial charge in [-0.05, 0) is 54.2 Å². The zero-order valence-corrected chi connectivity index (χ0v) is 21.3. The van der Waals surface area contributed by atoms with Gasteiger partial charge in [-0.25, -0.2) is 0 Å². The van der Waals surface area contributed by atoms with Gasteiger partial charge in [0, 0.05) is 19.0 Å². The van der Waals surface area contributed by atoms with Crippen LogP contribution in [0.3, 0.4) is 0 Å². The predicted octanol–water partition coefficient (Wildman–Crippen LogP) is 5.25. The molecule has 0 heterocycles. The largest absolute Gasteiger partial charge is 0.497 e. The summed E-state index contributed by atoms with van der Waals surface area (Å²) >= 11 is 0. The van der Waals surface area contributed by atoms with Crippen LogP contribution in [0, 0.1) is 6.92 Å². The Morgan fingerprint density at radius 2 is 1.64 bits per heavy atom. The third kappa shape index (κ3) is 6.75. The zero-order valence-electron chi connectivity index (χ0n) is 21.3. The molecule has 1 fully saturated rings. The molecular weight excluding hydrogens is 448 g/mol. The van der Waals surface area contributed by atoms with Crippen LogP contribution in [0.1, 0.15) is 47.9 Å². The Morgan fingerprint density at radius 3 is 2.36 bits per heavy atom. The van der Waals surface area contributed by atoms with Crippen LogP contribution in [0.2, 0.25) is 0 Å². The molecule has 0 aliphatic heterocycles. The number of hydrogen-bond acceptors (Lipinski definition) is 3. The first-order chi connectivity index (χ1) is 17.5. The van der Waals surface area contributed by atoms with Crippen molar-refractivity contribution in [2.45, 2.75) is 64.1 Å². The number of nitrogens with zero attached hydrogens (tertiary/aromatic N) is 1. The number of aryl methyl sites for hydroxylation is 1. The van der Waals surface area contributed by atoms with E-state index < -0.39 is 6.04 Å². The number of nitrogens with one attached hydrogen (secondary N) is 1. The van der Waals surface area contributed by atoms with E-state index in [1.807, 2.05) is 85.8 Å². The number of carbonyl (C=O) groups is 2. The van der Waals surface area contributed by atoms with E-state index in [4.69, 9.17) is 4.74 Å². The van der Waals surface area contributed by atoms with Gasteiger partial charge in [-0.2, -0.15) is 0 Å². The summed E-state index contributed by atoms with van der Waals surface area (Å²) in [6, 6.07) is 25.2. The molecule has 5 nitrogen and oxygen atoms in total. The summed E-state index contributed by atoms with van der Waals surface area (Å²) in [5, 5.41) is 3.26. The highest BCUT2D eigenvalue weighted by Crippen LogP contribution is 2.22. The van der Waals surface area contributed by atoms with E-state index in [2.05, 4.69) is 5.32 Å². The highest BCUT2D eigenvalue weighted by atomic mass is 16.5. The highest BCUT2D eigenvalue weighted by molar-refractivity contribution is 5.89. The van der Waals surface area contributed by atoms with Crippen molar-refractivity contribution >= 4 is 11.8 Å². The molecule has 1 N–H and O–H groups in total. The van der Waals surface area contributed by atoms with Gasteiger partial charge in [0.1, 0.15) is 11.8 Å². The minimum atomic E-state index is -0.615. The molecule has 0 saturated heterocycles. The Balaban J connectivity index is 1.67. The Kier molecular flexibility index (Phi) is 8.77. The van der Waals surface area contributed by atoms with Crippen molar-refractivity contribution < 1.29 is 14.3 Å². The van der Waals surface area contributed by atoms with Gasteiger partial charge in [-0.1, -0.05) is 79.6 Å². The first-order valence-electron chi connectivity index (χ1n) is 12.8. The molecule has 0 spiro atoms. The summed E-state index contributed by atoms with van der Waals surface area (Å²) in [6.45, 7) is 2.35. The molecule has 1 aliphatic rings. The quantitative estimate of drug-likeness (QED) is 0.428. The second kappa shape index (κ2) is 12.4. The smallest absolute Gasteiger partial charge is 0.243 e. The normalized spacial score (nSPS) is 14.3. The minimum absolute atomic E-state index is 0.0605.